The average Bonchev–Trinajstić information content (AvgIpc) is 3.59. The average molecular weight is 549 g/mol. The summed E-state index contributed by atoms with van der Waals surface area (Å²) in [6, 6.07) is 12.1. The lowest BCUT2D eigenvalue weighted by molar-refractivity contribution is 0.336. The van der Waals surface area contributed by atoms with Gasteiger partial charge in [-0.2, -0.15) is 5.10 Å². The number of likely N-dealkylation sites (tertiary alicyclic amines) is 1. The number of ether oxygens (including phenoxy) is 2. The Morgan fingerprint density at radius 1 is 1.08 bits per heavy atom. The van der Waals surface area contributed by atoms with Gasteiger partial charge in [0.2, 0.25) is 0 Å². The van der Waals surface area contributed by atoms with E-state index in [1.54, 1.807) is 37.6 Å². The van der Waals surface area contributed by atoms with Gasteiger partial charge in [0, 0.05) is 73.0 Å². The SMILES string of the molecule is C=S(C)(=O)C1CCN(CCCN(c2cc(OC)cc(OC)c2)c2ccc3ncc(-c4cnn(C)c4)nc3c2)C1. The zero-order valence-electron chi connectivity index (χ0n) is 23.0. The highest BCUT2D eigenvalue weighted by Gasteiger charge is 2.26. The Morgan fingerprint density at radius 2 is 1.85 bits per heavy atom. The van der Waals surface area contributed by atoms with E-state index < -0.39 is 9.52 Å². The number of rotatable bonds is 10. The van der Waals surface area contributed by atoms with E-state index in [1.807, 2.05) is 37.5 Å². The third-order valence-electron chi connectivity index (χ3n) is 7.28. The molecule has 3 heterocycles. The van der Waals surface area contributed by atoms with E-state index in [9.17, 15) is 4.21 Å². The van der Waals surface area contributed by atoms with Gasteiger partial charge in [0.05, 0.1) is 43.3 Å². The first-order valence-corrected chi connectivity index (χ1v) is 15.2. The Kier molecular flexibility index (Phi) is 7.76. The molecule has 9 nitrogen and oxygen atoms in total. The van der Waals surface area contributed by atoms with Crippen LogP contribution in [0, 0.1) is 0 Å². The van der Waals surface area contributed by atoms with Crippen molar-refractivity contribution in [3.8, 4) is 22.8 Å². The number of hydrogen-bond acceptors (Lipinski definition) is 8. The third kappa shape index (κ3) is 6.17. The number of aromatic nitrogens is 4. The van der Waals surface area contributed by atoms with Gasteiger partial charge in [-0.25, -0.2) is 4.98 Å². The van der Waals surface area contributed by atoms with Crippen molar-refractivity contribution in [3.63, 3.8) is 0 Å². The second kappa shape index (κ2) is 11.2. The lowest BCUT2D eigenvalue weighted by Crippen LogP contribution is -2.29. The zero-order chi connectivity index (χ0) is 27.6. The van der Waals surface area contributed by atoms with Crippen molar-refractivity contribution >= 4 is 37.8 Å². The van der Waals surface area contributed by atoms with Crippen molar-refractivity contribution in [1.82, 2.24) is 24.6 Å². The highest BCUT2D eigenvalue weighted by atomic mass is 32.2. The molecule has 1 saturated heterocycles. The summed E-state index contributed by atoms with van der Waals surface area (Å²) in [6.07, 6.45) is 9.16. The van der Waals surface area contributed by atoms with Crippen molar-refractivity contribution in [1.29, 1.82) is 0 Å². The molecule has 1 fully saturated rings. The van der Waals surface area contributed by atoms with Crippen LogP contribution >= 0.6 is 0 Å². The first kappa shape index (κ1) is 27.0. The standard InChI is InChI=1S/C29H36N6O3S/c1-33-19-21(17-31-33)29-18-30-27-8-7-22(15-28(27)32-29)35(23-13-24(37-2)16-25(14-23)38-3)11-6-10-34-12-9-26(20-34)39(4,5)36/h7-8,13-19,26H,4,6,9-12,20H2,1-3,5H3. The molecule has 4 aromatic rings. The van der Waals surface area contributed by atoms with Crippen LogP contribution in [0.2, 0.25) is 0 Å². The second-order valence-corrected chi connectivity index (χ2v) is 13.0. The van der Waals surface area contributed by atoms with Gasteiger partial charge in [-0.15, -0.1) is 0 Å². The topological polar surface area (TPSA) is 85.6 Å². The molecule has 2 atom stereocenters. The number of aryl methyl sites for hydroxylation is 1. The molecule has 0 radical (unpaired) electrons. The summed E-state index contributed by atoms with van der Waals surface area (Å²) < 4.78 is 25.3. The minimum atomic E-state index is -2.02. The molecule has 0 bridgehead atoms. The number of fused-ring (bicyclic) bond motifs is 1. The molecule has 0 amide bonds. The number of benzene rings is 2. The van der Waals surface area contributed by atoms with Crippen molar-refractivity contribution in [2.45, 2.75) is 18.1 Å². The minimum Gasteiger partial charge on any atom is -0.497 e. The molecule has 0 saturated carbocycles. The Bertz CT molecular complexity index is 1550. The van der Waals surface area contributed by atoms with Gasteiger partial charge < -0.3 is 19.3 Å². The van der Waals surface area contributed by atoms with Crippen molar-refractivity contribution < 1.29 is 13.7 Å². The fourth-order valence-corrected chi connectivity index (χ4v) is 6.21. The predicted molar refractivity (Wildman–Crippen MR) is 159 cm³/mol. The third-order valence-corrected chi connectivity index (χ3v) is 9.07. The van der Waals surface area contributed by atoms with Gasteiger partial charge >= 0.3 is 0 Å². The molecule has 2 unspecified atom stereocenters. The van der Waals surface area contributed by atoms with Crippen LogP contribution in [-0.2, 0) is 16.6 Å². The van der Waals surface area contributed by atoms with E-state index >= 15 is 0 Å². The fourth-order valence-electron chi connectivity index (χ4n) is 5.08. The Balaban J connectivity index is 1.45. The highest BCUT2D eigenvalue weighted by molar-refractivity contribution is 8.00. The van der Waals surface area contributed by atoms with Crippen LogP contribution in [0.3, 0.4) is 0 Å². The predicted octanol–water partition coefficient (Wildman–Crippen LogP) is 4.00. The van der Waals surface area contributed by atoms with Crippen molar-refractivity contribution in [2.24, 2.45) is 7.05 Å². The molecule has 2 aromatic heterocycles. The quantitative estimate of drug-likeness (QED) is 0.275. The summed E-state index contributed by atoms with van der Waals surface area (Å²) >= 11 is 0. The molecular formula is C29H36N6O3S. The number of anilines is 2. The van der Waals surface area contributed by atoms with Crippen LogP contribution in [-0.4, -0.2) is 86.6 Å². The summed E-state index contributed by atoms with van der Waals surface area (Å²) in [5.41, 5.74) is 5.32. The van der Waals surface area contributed by atoms with Gasteiger partial charge in [0.15, 0.2) is 0 Å². The molecule has 206 valence electrons. The van der Waals surface area contributed by atoms with Gasteiger partial charge in [-0.05, 0) is 59.5 Å². The summed E-state index contributed by atoms with van der Waals surface area (Å²) in [5, 5.41) is 4.44. The van der Waals surface area contributed by atoms with Gasteiger partial charge in [-0.3, -0.25) is 13.9 Å². The van der Waals surface area contributed by atoms with E-state index in [2.05, 4.69) is 37.9 Å². The normalized spacial score (nSPS) is 17.3. The molecule has 1 aliphatic rings. The Hall–Kier alpha value is -3.63. The van der Waals surface area contributed by atoms with E-state index in [-0.39, 0.29) is 5.25 Å². The monoisotopic (exact) mass is 548 g/mol. The molecule has 10 heteroatoms. The zero-order valence-corrected chi connectivity index (χ0v) is 23.9. The molecule has 2 aromatic carbocycles. The van der Waals surface area contributed by atoms with Crippen LogP contribution in [0.4, 0.5) is 11.4 Å². The summed E-state index contributed by atoms with van der Waals surface area (Å²) in [7, 11) is 3.19. The molecule has 1 aliphatic heterocycles. The van der Waals surface area contributed by atoms with Crippen molar-refractivity contribution in [3.05, 3.63) is 55.0 Å². The molecule has 5 rings (SSSR count). The summed E-state index contributed by atoms with van der Waals surface area (Å²) in [6.45, 7) is 3.49. The number of methoxy groups -OCH3 is 2. The lowest BCUT2D eigenvalue weighted by Gasteiger charge is -2.27. The number of nitrogens with zero attached hydrogens (tertiary/aromatic N) is 6. The summed E-state index contributed by atoms with van der Waals surface area (Å²) in [5.74, 6) is 5.36. The second-order valence-electron chi connectivity index (χ2n) is 10.2. The van der Waals surface area contributed by atoms with Crippen molar-refractivity contribution in [2.75, 3.05) is 51.6 Å². The molecule has 0 spiro atoms. The molecule has 0 aliphatic carbocycles. The van der Waals surface area contributed by atoms with Crippen LogP contribution in [0.25, 0.3) is 22.3 Å². The fraction of sp³-hybridized carbons (Fsp3) is 0.379. The molecule has 39 heavy (non-hydrogen) atoms. The first-order valence-electron chi connectivity index (χ1n) is 13.0. The van der Waals surface area contributed by atoms with E-state index in [0.717, 1.165) is 84.2 Å². The van der Waals surface area contributed by atoms with E-state index in [4.69, 9.17) is 14.5 Å². The first-order chi connectivity index (χ1) is 18.7. The number of hydrogen-bond donors (Lipinski definition) is 0. The maximum Gasteiger partial charge on any atom is 0.124 e. The van der Waals surface area contributed by atoms with Crippen LogP contribution in [0.5, 0.6) is 11.5 Å². The Labute approximate surface area is 230 Å². The maximum atomic E-state index is 12.4. The maximum absolute atomic E-state index is 12.4. The lowest BCUT2D eigenvalue weighted by atomic mass is 10.1. The van der Waals surface area contributed by atoms with Crippen LogP contribution in [0.15, 0.2) is 55.0 Å². The highest BCUT2D eigenvalue weighted by Crippen LogP contribution is 2.34. The molecular weight excluding hydrogens is 512 g/mol. The van der Waals surface area contributed by atoms with Gasteiger partial charge in [0.25, 0.3) is 0 Å². The summed E-state index contributed by atoms with van der Waals surface area (Å²) in [4.78, 5) is 14.2. The largest absolute Gasteiger partial charge is 0.497 e. The van der Waals surface area contributed by atoms with Gasteiger partial charge in [-0.1, -0.05) is 0 Å². The van der Waals surface area contributed by atoms with Gasteiger partial charge in [0.1, 0.15) is 11.5 Å². The van der Waals surface area contributed by atoms with E-state index in [1.165, 1.54) is 0 Å². The van der Waals surface area contributed by atoms with Crippen LogP contribution < -0.4 is 14.4 Å². The molecule has 0 N–H and O–H groups in total. The minimum absolute atomic E-state index is 0.171. The van der Waals surface area contributed by atoms with E-state index in [0.29, 0.717) is 0 Å². The van der Waals surface area contributed by atoms with Crippen LogP contribution in [0.1, 0.15) is 12.8 Å². The Morgan fingerprint density at radius 3 is 2.49 bits per heavy atom. The smallest absolute Gasteiger partial charge is 0.124 e.